The van der Waals surface area contributed by atoms with Crippen molar-refractivity contribution in [3.63, 3.8) is 0 Å². The molecule has 2 aromatic rings. The van der Waals surface area contributed by atoms with Crippen molar-refractivity contribution < 1.29 is 4.92 Å². The molecule has 92 valence electrons. The van der Waals surface area contributed by atoms with Crippen LogP contribution in [0.4, 0.5) is 5.69 Å². The standard InChI is InChI=1S/C14H9N3O2/c15-10-13(9-11-5-7-16-8-6-11)12-1-3-14(4-2-12)17(18)19/h1-9H. The highest BCUT2D eigenvalue weighted by atomic mass is 16.6. The molecule has 19 heavy (non-hydrogen) atoms. The summed E-state index contributed by atoms with van der Waals surface area (Å²) in [6, 6.07) is 11.5. The van der Waals surface area contributed by atoms with Crippen molar-refractivity contribution in [2.45, 2.75) is 0 Å². The molecule has 0 N–H and O–H groups in total. The topological polar surface area (TPSA) is 79.8 Å². The lowest BCUT2D eigenvalue weighted by Crippen LogP contribution is -1.88. The lowest BCUT2D eigenvalue weighted by atomic mass is 10.0. The summed E-state index contributed by atoms with van der Waals surface area (Å²) >= 11 is 0. The van der Waals surface area contributed by atoms with E-state index in [-0.39, 0.29) is 5.69 Å². The van der Waals surface area contributed by atoms with E-state index in [9.17, 15) is 10.1 Å². The van der Waals surface area contributed by atoms with Crippen LogP contribution in [0, 0.1) is 21.4 Å². The average molecular weight is 251 g/mol. The van der Waals surface area contributed by atoms with E-state index in [1.54, 1.807) is 42.7 Å². The molecule has 0 amide bonds. The van der Waals surface area contributed by atoms with E-state index < -0.39 is 4.92 Å². The number of nitro groups is 1. The number of rotatable bonds is 3. The number of hydrogen-bond donors (Lipinski definition) is 0. The van der Waals surface area contributed by atoms with Crippen molar-refractivity contribution in [2.75, 3.05) is 0 Å². The predicted molar refractivity (Wildman–Crippen MR) is 70.8 cm³/mol. The molecular weight excluding hydrogens is 242 g/mol. The summed E-state index contributed by atoms with van der Waals surface area (Å²) in [6.45, 7) is 0. The molecular formula is C14H9N3O2. The van der Waals surface area contributed by atoms with Crippen molar-refractivity contribution in [3.8, 4) is 6.07 Å². The Morgan fingerprint density at radius 3 is 2.37 bits per heavy atom. The second kappa shape index (κ2) is 5.56. The van der Waals surface area contributed by atoms with Crippen molar-refractivity contribution in [1.29, 1.82) is 5.26 Å². The number of nitriles is 1. The number of aromatic nitrogens is 1. The van der Waals surface area contributed by atoms with Crippen LogP contribution in [0.5, 0.6) is 0 Å². The van der Waals surface area contributed by atoms with Gasteiger partial charge in [0.05, 0.1) is 16.6 Å². The number of benzene rings is 1. The van der Waals surface area contributed by atoms with E-state index in [2.05, 4.69) is 11.1 Å². The van der Waals surface area contributed by atoms with E-state index in [4.69, 9.17) is 5.26 Å². The van der Waals surface area contributed by atoms with Crippen molar-refractivity contribution in [2.24, 2.45) is 0 Å². The second-order valence-electron chi connectivity index (χ2n) is 3.75. The van der Waals surface area contributed by atoms with Gasteiger partial charge in [-0.2, -0.15) is 5.26 Å². The summed E-state index contributed by atoms with van der Waals surface area (Å²) in [4.78, 5) is 14.0. The van der Waals surface area contributed by atoms with Gasteiger partial charge in [0.1, 0.15) is 0 Å². The Morgan fingerprint density at radius 1 is 1.21 bits per heavy atom. The maximum Gasteiger partial charge on any atom is 0.269 e. The molecule has 1 aromatic heterocycles. The molecule has 0 aliphatic rings. The minimum atomic E-state index is -0.470. The molecule has 5 nitrogen and oxygen atoms in total. The van der Waals surface area contributed by atoms with Crippen LogP contribution in [0.25, 0.3) is 11.6 Å². The van der Waals surface area contributed by atoms with Crippen LogP contribution in [0.1, 0.15) is 11.1 Å². The number of nitro benzene ring substituents is 1. The molecule has 0 aliphatic heterocycles. The van der Waals surface area contributed by atoms with Crippen LogP contribution in [0.3, 0.4) is 0 Å². The Kier molecular flexibility index (Phi) is 3.64. The van der Waals surface area contributed by atoms with Crippen LogP contribution in [0.15, 0.2) is 48.8 Å². The molecule has 0 unspecified atom stereocenters. The van der Waals surface area contributed by atoms with E-state index in [1.807, 2.05) is 0 Å². The van der Waals surface area contributed by atoms with Gasteiger partial charge in [0.25, 0.3) is 5.69 Å². The van der Waals surface area contributed by atoms with Gasteiger partial charge in [-0.25, -0.2) is 0 Å². The summed E-state index contributed by atoms with van der Waals surface area (Å²) < 4.78 is 0. The first-order chi connectivity index (χ1) is 9.20. The normalized spacial score (nSPS) is 10.8. The molecule has 5 heteroatoms. The fraction of sp³-hybridized carbons (Fsp3) is 0. The van der Waals surface area contributed by atoms with Crippen molar-refractivity contribution in [3.05, 3.63) is 70.0 Å². The first-order valence-corrected chi connectivity index (χ1v) is 5.47. The molecule has 0 aliphatic carbocycles. The fourth-order valence-corrected chi connectivity index (χ4v) is 1.57. The van der Waals surface area contributed by atoms with Gasteiger partial charge >= 0.3 is 0 Å². The van der Waals surface area contributed by atoms with Gasteiger partial charge in [0.15, 0.2) is 0 Å². The molecule has 0 radical (unpaired) electrons. The quantitative estimate of drug-likeness (QED) is 0.477. The maximum absolute atomic E-state index is 10.6. The first kappa shape index (κ1) is 12.5. The maximum atomic E-state index is 10.6. The highest BCUT2D eigenvalue weighted by molar-refractivity contribution is 5.89. The minimum absolute atomic E-state index is 0.00458. The third kappa shape index (κ3) is 3.01. The van der Waals surface area contributed by atoms with Gasteiger partial charge in [-0.3, -0.25) is 15.1 Å². The second-order valence-corrected chi connectivity index (χ2v) is 3.75. The number of non-ortho nitro benzene ring substituents is 1. The minimum Gasteiger partial charge on any atom is -0.265 e. The van der Waals surface area contributed by atoms with Gasteiger partial charge in [0, 0.05) is 24.5 Å². The molecule has 0 saturated heterocycles. The number of nitrogens with zero attached hydrogens (tertiary/aromatic N) is 3. The third-order valence-electron chi connectivity index (χ3n) is 2.53. The number of allylic oxidation sites excluding steroid dienone is 1. The largest absolute Gasteiger partial charge is 0.269 e. The van der Waals surface area contributed by atoms with Crippen molar-refractivity contribution in [1.82, 2.24) is 4.98 Å². The highest BCUT2D eigenvalue weighted by Crippen LogP contribution is 2.20. The molecule has 0 bridgehead atoms. The highest BCUT2D eigenvalue weighted by Gasteiger charge is 2.06. The molecule has 0 saturated carbocycles. The Labute approximate surface area is 109 Å². The fourth-order valence-electron chi connectivity index (χ4n) is 1.57. The monoisotopic (exact) mass is 251 g/mol. The van der Waals surface area contributed by atoms with Gasteiger partial charge in [-0.05, 0) is 41.5 Å². The Hall–Kier alpha value is -3.00. The van der Waals surface area contributed by atoms with Gasteiger partial charge in [0.2, 0.25) is 0 Å². The van der Waals surface area contributed by atoms with Crippen LogP contribution in [-0.2, 0) is 0 Å². The Bertz CT molecular complexity index is 655. The molecule has 0 spiro atoms. The lowest BCUT2D eigenvalue weighted by Gasteiger charge is -1.99. The Morgan fingerprint density at radius 2 is 1.84 bits per heavy atom. The zero-order valence-electron chi connectivity index (χ0n) is 9.85. The van der Waals surface area contributed by atoms with E-state index in [0.717, 1.165) is 5.56 Å². The summed E-state index contributed by atoms with van der Waals surface area (Å²) in [5.41, 5.74) is 1.95. The van der Waals surface area contributed by atoms with Crippen LogP contribution in [0.2, 0.25) is 0 Å². The summed E-state index contributed by atoms with van der Waals surface area (Å²) in [5, 5.41) is 19.7. The summed E-state index contributed by atoms with van der Waals surface area (Å²) in [7, 11) is 0. The van der Waals surface area contributed by atoms with Crippen molar-refractivity contribution >= 4 is 17.3 Å². The van der Waals surface area contributed by atoms with E-state index >= 15 is 0 Å². The molecule has 1 aromatic carbocycles. The smallest absolute Gasteiger partial charge is 0.265 e. The van der Waals surface area contributed by atoms with Gasteiger partial charge in [-0.15, -0.1) is 0 Å². The van der Waals surface area contributed by atoms with E-state index in [1.165, 1.54) is 12.1 Å². The summed E-state index contributed by atoms with van der Waals surface area (Å²) in [6.07, 6.45) is 4.98. The average Bonchev–Trinajstić information content (AvgIpc) is 2.46. The van der Waals surface area contributed by atoms with Crippen LogP contribution < -0.4 is 0 Å². The Balaban J connectivity index is 2.36. The first-order valence-electron chi connectivity index (χ1n) is 5.47. The predicted octanol–water partition coefficient (Wildman–Crippen LogP) is 3.05. The molecule has 2 rings (SSSR count). The van der Waals surface area contributed by atoms with Crippen LogP contribution in [-0.4, -0.2) is 9.91 Å². The molecule has 0 fully saturated rings. The number of pyridine rings is 1. The zero-order chi connectivity index (χ0) is 13.7. The number of hydrogen-bond acceptors (Lipinski definition) is 4. The lowest BCUT2D eigenvalue weighted by molar-refractivity contribution is -0.384. The van der Waals surface area contributed by atoms with E-state index in [0.29, 0.717) is 11.1 Å². The van der Waals surface area contributed by atoms with Crippen LogP contribution >= 0.6 is 0 Å². The summed E-state index contributed by atoms with van der Waals surface area (Å²) in [5.74, 6) is 0. The van der Waals surface area contributed by atoms with Gasteiger partial charge in [-0.1, -0.05) is 0 Å². The molecule has 1 heterocycles. The third-order valence-corrected chi connectivity index (χ3v) is 2.53. The zero-order valence-corrected chi connectivity index (χ0v) is 9.85. The van der Waals surface area contributed by atoms with Gasteiger partial charge < -0.3 is 0 Å². The molecule has 0 atom stereocenters. The SMILES string of the molecule is N#CC(=Cc1ccncc1)c1ccc([N+](=O)[O-])cc1.